The first-order chi connectivity index (χ1) is 14.1. The topological polar surface area (TPSA) is 59.1 Å². The third-order valence-corrected chi connectivity index (χ3v) is 4.98. The number of benzene rings is 3. The molecule has 0 aliphatic carbocycles. The normalized spacial score (nSPS) is 11.4. The largest absolute Gasteiger partial charge is 0.493 e. The minimum absolute atomic E-state index is 0.0340. The van der Waals surface area contributed by atoms with Gasteiger partial charge < -0.3 is 14.4 Å². The van der Waals surface area contributed by atoms with Crippen LogP contribution >= 0.6 is 23.2 Å². The molecule has 0 spiro atoms. The number of fused-ring (bicyclic) bond motifs is 1. The van der Waals surface area contributed by atoms with E-state index in [2.05, 4.69) is 10.2 Å². The summed E-state index contributed by atoms with van der Waals surface area (Å²) in [6.45, 7) is 0.762. The second-order valence-electron chi connectivity index (χ2n) is 6.30. The standard InChI is InChI=1S/C22H17Cl2N3O2/c23-15-9-11-16(12-10-15)25-26-21-17-5-1-3-7-19(17)27(22(21)28)13-14-29-20-8-4-2-6-18(20)24/h1-12,28H,13-14H2. The number of hydrogen-bond acceptors (Lipinski definition) is 4. The highest BCUT2D eigenvalue weighted by Gasteiger charge is 2.16. The van der Waals surface area contributed by atoms with Crippen LogP contribution in [0.5, 0.6) is 11.6 Å². The van der Waals surface area contributed by atoms with Gasteiger partial charge in [-0.05, 0) is 42.5 Å². The Morgan fingerprint density at radius 1 is 0.862 bits per heavy atom. The van der Waals surface area contributed by atoms with Gasteiger partial charge in [-0.3, -0.25) is 0 Å². The Morgan fingerprint density at radius 3 is 2.38 bits per heavy atom. The van der Waals surface area contributed by atoms with Crippen LogP contribution in [-0.2, 0) is 6.54 Å². The molecule has 4 aromatic rings. The van der Waals surface area contributed by atoms with Gasteiger partial charge >= 0.3 is 0 Å². The van der Waals surface area contributed by atoms with Gasteiger partial charge in [0.25, 0.3) is 0 Å². The van der Waals surface area contributed by atoms with E-state index in [0.29, 0.717) is 40.3 Å². The Balaban J connectivity index is 1.60. The quantitative estimate of drug-likeness (QED) is 0.333. The van der Waals surface area contributed by atoms with Crippen LogP contribution in [0.25, 0.3) is 10.9 Å². The molecule has 0 saturated heterocycles. The summed E-state index contributed by atoms with van der Waals surface area (Å²) >= 11 is 12.0. The molecule has 0 bridgehead atoms. The molecule has 146 valence electrons. The van der Waals surface area contributed by atoms with Crippen LogP contribution in [0.3, 0.4) is 0 Å². The molecule has 7 heteroatoms. The zero-order valence-electron chi connectivity index (χ0n) is 15.3. The molecule has 0 amide bonds. The fourth-order valence-corrected chi connectivity index (χ4v) is 3.34. The lowest BCUT2D eigenvalue weighted by atomic mass is 10.2. The summed E-state index contributed by atoms with van der Waals surface area (Å²) in [5.41, 5.74) is 1.90. The van der Waals surface area contributed by atoms with Crippen molar-refractivity contribution in [3.63, 3.8) is 0 Å². The van der Waals surface area contributed by atoms with Crippen molar-refractivity contribution in [2.24, 2.45) is 10.2 Å². The van der Waals surface area contributed by atoms with Gasteiger partial charge in [-0.25, -0.2) is 0 Å². The monoisotopic (exact) mass is 425 g/mol. The fraction of sp³-hybridized carbons (Fsp3) is 0.0909. The number of halogens is 2. The minimum Gasteiger partial charge on any atom is -0.493 e. The van der Waals surface area contributed by atoms with Crippen LogP contribution in [0.15, 0.2) is 83.0 Å². The molecule has 29 heavy (non-hydrogen) atoms. The minimum atomic E-state index is 0.0340. The molecule has 3 aromatic carbocycles. The molecule has 0 fully saturated rings. The maximum atomic E-state index is 10.8. The van der Waals surface area contributed by atoms with Crippen molar-refractivity contribution >= 4 is 45.5 Å². The number of ether oxygens (including phenoxy) is 1. The summed E-state index contributed by atoms with van der Waals surface area (Å²) in [6, 6.07) is 21.9. The Morgan fingerprint density at radius 2 is 1.59 bits per heavy atom. The summed E-state index contributed by atoms with van der Waals surface area (Å²) in [4.78, 5) is 0. The molecule has 0 unspecified atom stereocenters. The third-order valence-electron chi connectivity index (χ3n) is 4.42. The Labute approximate surface area is 177 Å². The van der Waals surface area contributed by atoms with Gasteiger partial charge in [0.05, 0.1) is 22.8 Å². The van der Waals surface area contributed by atoms with Gasteiger partial charge in [-0.2, -0.15) is 5.11 Å². The van der Waals surface area contributed by atoms with E-state index in [-0.39, 0.29) is 5.88 Å². The Kier molecular flexibility index (Phi) is 5.69. The van der Waals surface area contributed by atoms with E-state index in [1.807, 2.05) is 42.5 Å². The van der Waals surface area contributed by atoms with E-state index in [0.717, 1.165) is 10.9 Å². The molecule has 1 N–H and O–H groups in total. The first kappa shape index (κ1) is 19.3. The predicted octanol–water partition coefficient (Wildman–Crippen LogP) is 7.15. The molecular formula is C22H17Cl2N3O2. The number of hydrogen-bond donors (Lipinski definition) is 1. The lowest BCUT2D eigenvalue weighted by Gasteiger charge is -2.10. The predicted molar refractivity (Wildman–Crippen MR) is 116 cm³/mol. The van der Waals surface area contributed by atoms with Gasteiger partial charge in [0.2, 0.25) is 5.88 Å². The summed E-state index contributed by atoms with van der Waals surface area (Å²) in [5.74, 6) is 0.638. The average molecular weight is 426 g/mol. The molecule has 0 atom stereocenters. The van der Waals surface area contributed by atoms with Crippen molar-refractivity contribution in [1.29, 1.82) is 0 Å². The van der Waals surface area contributed by atoms with Gasteiger partial charge in [0.15, 0.2) is 5.69 Å². The van der Waals surface area contributed by atoms with E-state index < -0.39 is 0 Å². The molecule has 5 nitrogen and oxygen atoms in total. The Bertz CT molecular complexity index is 1170. The van der Waals surface area contributed by atoms with Gasteiger partial charge in [-0.15, -0.1) is 5.11 Å². The van der Waals surface area contributed by atoms with Crippen LogP contribution in [-0.4, -0.2) is 16.3 Å². The SMILES string of the molecule is Oc1c(N=Nc2ccc(Cl)cc2)c2ccccc2n1CCOc1ccccc1Cl. The van der Waals surface area contributed by atoms with Crippen LogP contribution in [0, 0.1) is 0 Å². The summed E-state index contributed by atoms with van der Waals surface area (Å²) < 4.78 is 7.52. The average Bonchev–Trinajstić information content (AvgIpc) is 3.00. The molecule has 0 aliphatic heterocycles. The third kappa shape index (κ3) is 4.21. The fourth-order valence-electron chi connectivity index (χ4n) is 3.02. The van der Waals surface area contributed by atoms with Crippen molar-refractivity contribution < 1.29 is 9.84 Å². The first-order valence-electron chi connectivity index (χ1n) is 8.98. The van der Waals surface area contributed by atoms with Gasteiger partial charge in [0.1, 0.15) is 12.4 Å². The lowest BCUT2D eigenvalue weighted by Crippen LogP contribution is -2.07. The summed E-state index contributed by atoms with van der Waals surface area (Å²) in [5, 5.41) is 21.3. The molecule has 0 radical (unpaired) electrons. The highest BCUT2D eigenvalue weighted by molar-refractivity contribution is 6.32. The van der Waals surface area contributed by atoms with Crippen molar-refractivity contribution in [3.8, 4) is 11.6 Å². The second-order valence-corrected chi connectivity index (χ2v) is 7.14. The van der Waals surface area contributed by atoms with Crippen molar-refractivity contribution in [2.45, 2.75) is 6.54 Å². The first-order valence-corrected chi connectivity index (χ1v) is 9.74. The highest BCUT2D eigenvalue weighted by atomic mass is 35.5. The molecule has 1 heterocycles. The number of para-hydroxylation sites is 2. The molecule has 1 aromatic heterocycles. The van der Waals surface area contributed by atoms with E-state index in [1.54, 1.807) is 34.9 Å². The number of rotatable bonds is 6. The van der Waals surface area contributed by atoms with Crippen LogP contribution in [0.2, 0.25) is 10.0 Å². The Hall–Kier alpha value is -3.02. The number of azo groups is 1. The molecule has 0 aliphatic rings. The molecular weight excluding hydrogens is 409 g/mol. The lowest BCUT2D eigenvalue weighted by molar-refractivity contribution is 0.291. The maximum Gasteiger partial charge on any atom is 0.220 e. The summed E-state index contributed by atoms with van der Waals surface area (Å²) in [6.07, 6.45) is 0. The van der Waals surface area contributed by atoms with Crippen LogP contribution in [0.4, 0.5) is 11.4 Å². The summed E-state index contributed by atoms with van der Waals surface area (Å²) in [7, 11) is 0. The van der Waals surface area contributed by atoms with Crippen LogP contribution < -0.4 is 4.74 Å². The number of aromatic nitrogens is 1. The molecule has 0 saturated carbocycles. The van der Waals surface area contributed by atoms with Gasteiger partial charge in [0, 0.05) is 10.4 Å². The zero-order chi connectivity index (χ0) is 20.2. The zero-order valence-corrected chi connectivity index (χ0v) is 16.8. The van der Waals surface area contributed by atoms with Crippen molar-refractivity contribution in [3.05, 3.63) is 82.8 Å². The highest BCUT2D eigenvalue weighted by Crippen LogP contribution is 2.39. The smallest absolute Gasteiger partial charge is 0.220 e. The van der Waals surface area contributed by atoms with Crippen molar-refractivity contribution in [2.75, 3.05) is 6.61 Å². The number of aromatic hydroxyl groups is 1. The molecule has 4 rings (SSSR count). The van der Waals surface area contributed by atoms with Crippen molar-refractivity contribution in [1.82, 2.24) is 4.57 Å². The van der Waals surface area contributed by atoms with E-state index in [1.165, 1.54) is 0 Å². The second kappa shape index (κ2) is 8.55. The number of nitrogens with zero attached hydrogens (tertiary/aromatic N) is 3. The van der Waals surface area contributed by atoms with E-state index >= 15 is 0 Å². The maximum absolute atomic E-state index is 10.8. The van der Waals surface area contributed by atoms with E-state index in [4.69, 9.17) is 27.9 Å². The van der Waals surface area contributed by atoms with Gasteiger partial charge in [-0.1, -0.05) is 53.5 Å². The van der Waals surface area contributed by atoms with E-state index in [9.17, 15) is 5.11 Å². The van der Waals surface area contributed by atoms with Crippen LogP contribution in [0.1, 0.15) is 0 Å².